The van der Waals surface area contributed by atoms with Gasteiger partial charge in [0.05, 0.1) is 7.11 Å². The molecule has 36 heavy (non-hydrogen) atoms. The highest BCUT2D eigenvalue weighted by molar-refractivity contribution is 9.10. The summed E-state index contributed by atoms with van der Waals surface area (Å²) in [7, 11) is 1.63. The molecule has 3 aromatic rings. The Bertz CT molecular complexity index is 1330. The third-order valence-electron chi connectivity index (χ3n) is 6.40. The number of Topliss-reactive ketones (excluding diaryl/α,β-unsaturated/α-hetero) is 1. The van der Waals surface area contributed by atoms with E-state index >= 15 is 0 Å². The maximum atomic E-state index is 13.5. The van der Waals surface area contributed by atoms with E-state index < -0.39 is 0 Å². The fourth-order valence-electron chi connectivity index (χ4n) is 4.80. The van der Waals surface area contributed by atoms with Gasteiger partial charge >= 0.3 is 0 Å². The number of thioether (sulfide) groups is 1. The van der Waals surface area contributed by atoms with Gasteiger partial charge in [0, 0.05) is 22.2 Å². The first kappa shape index (κ1) is 24.9. The molecule has 2 aromatic carbocycles. The van der Waals surface area contributed by atoms with Crippen LogP contribution in [-0.4, -0.2) is 33.4 Å². The van der Waals surface area contributed by atoms with E-state index in [0.29, 0.717) is 35.6 Å². The van der Waals surface area contributed by atoms with Crippen molar-refractivity contribution in [1.29, 1.82) is 0 Å². The van der Waals surface area contributed by atoms with Gasteiger partial charge in [-0.15, -0.1) is 5.10 Å². The molecule has 1 atom stereocenters. The van der Waals surface area contributed by atoms with Crippen molar-refractivity contribution >= 4 is 39.4 Å². The van der Waals surface area contributed by atoms with E-state index in [2.05, 4.69) is 42.0 Å². The second-order valence-corrected chi connectivity index (χ2v) is 11.9. The number of carbonyl (C=O) groups is 1. The average molecular weight is 570 g/mol. The first-order chi connectivity index (χ1) is 17.3. The number of ether oxygens (including phenoxy) is 2. The van der Waals surface area contributed by atoms with Crippen LogP contribution in [0.5, 0.6) is 11.5 Å². The van der Waals surface area contributed by atoms with Crippen molar-refractivity contribution in [3.05, 3.63) is 69.3 Å². The highest BCUT2D eigenvalue weighted by atomic mass is 79.9. The number of allylic oxidation sites excluding steroid dienone is 2. The lowest BCUT2D eigenvalue weighted by molar-refractivity contribution is -0.118. The summed E-state index contributed by atoms with van der Waals surface area (Å²) >= 11 is 5.04. The van der Waals surface area contributed by atoms with E-state index in [1.165, 1.54) is 0 Å². The molecule has 0 spiro atoms. The van der Waals surface area contributed by atoms with Gasteiger partial charge in [0.1, 0.15) is 12.6 Å². The number of nitrogens with zero attached hydrogens (tertiary/aromatic N) is 3. The summed E-state index contributed by atoms with van der Waals surface area (Å²) < 4.78 is 14.7. The summed E-state index contributed by atoms with van der Waals surface area (Å²) in [5.41, 5.74) is 3.54. The van der Waals surface area contributed by atoms with Crippen LogP contribution < -0.4 is 14.8 Å². The molecule has 0 fully saturated rings. The van der Waals surface area contributed by atoms with Crippen LogP contribution in [0.3, 0.4) is 0 Å². The van der Waals surface area contributed by atoms with Crippen LogP contribution in [0.2, 0.25) is 0 Å². The molecule has 0 bridgehead atoms. The maximum Gasteiger partial charge on any atom is 0.227 e. The Morgan fingerprint density at radius 3 is 2.67 bits per heavy atom. The Hall–Kier alpha value is -2.78. The van der Waals surface area contributed by atoms with Crippen LogP contribution >= 0.6 is 27.7 Å². The number of hydrogen-bond acceptors (Lipinski definition) is 7. The number of anilines is 1. The van der Waals surface area contributed by atoms with Crippen LogP contribution in [0, 0.1) is 5.41 Å². The summed E-state index contributed by atoms with van der Waals surface area (Å²) in [6, 6.07) is 13.5. The minimum Gasteiger partial charge on any atom is -0.493 e. The van der Waals surface area contributed by atoms with Gasteiger partial charge in [0.2, 0.25) is 11.1 Å². The highest BCUT2D eigenvalue weighted by Gasteiger charge is 2.42. The van der Waals surface area contributed by atoms with Crippen LogP contribution in [0.1, 0.15) is 50.8 Å². The highest BCUT2D eigenvalue weighted by Crippen LogP contribution is 2.46. The van der Waals surface area contributed by atoms with E-state index in [4.69, 9.17) is 19.6 Å². The predicted octanol–water partition coefficient (Wildman–Crippen LogP) is 6.40. The second kappa shape index (κ2) is 9.94. The smallest absolute Gasteiger partial charge is 0.227 e. The van der Waals surface area contributed by atoms with Crippen LogP contribution in [-0.2, 0) is 11.4 Å². The minimum atomic E-state index is -0.382. The van der Waals surface area contributed by atoms with Crippen molar-refractivity contribution in [3.63, 3.8) is 0 Å². The molecule has 2 heterocycles. The summed E-state index contributed by atoms with van der Waals surface area (Å²) in [6.45, 7) is 6.75. The van der Waals surface area contributed by atoms with Gasteiger partial charge in [-0.2, -0.15) is 4.98 Å². The Balaban J connectivity index is 1.52. The van der Waals surface area contributed by atoms with E-state index in [9.17, 15) is 4.79 Å². The molecule has 5 rings (SSSR count). The Kier molecular flexibility index (Phi) is 6.87. The minimum absolute atomic E-state index is 0.112. The molecule has 9 heteroatoms. The molecule has 1 unspecified atom stereocenters. The van der Waals surface area contributed by atoms with Gasteiger partial charge in [-0.3, -0.25) is 4.79 Å². The fourth-order valence-corrected chi connectivity index (χ4v) is 5.62. The molecule has 1 aliphatic carbocycles. The predicted molar refractivity (Wildman–Crippen MR) is 145 cm³/mol. The summed E-state index contributed by atoms with van der Waals surface area (Å²) in [6.07, 6.45) is 1.27. The molecule has 1 aliphatic heterocycles. The molecule has 7 nitrogen and oxygen atoms in total. The number of rotatable bonds is 7. The zero-order valence-electron chi connectivity index (χ0n) is 20.8. The molecule has 1 aromatic heterocycles. The molecule has 2 aliphatic rings. The average Bonchev–Trinajstić information content (AvgIpc) is 3.23. The topological polar surface area (TPSA) is 78.3 Å². The zero-order valence-corrected chi connectivity index (χ0v) is 23.2. The lowest BCUT2D eigenvalue weighted by Gasteiger charge is -2.38. The third kappa shape index (κ3) is 4.91. The Labute approximate surface area is 223 Å². The standard InChI is InChI=1S/C27H29BrN4O3S/c1-5-36-26-30-25-29-19-13-27(2,3)14-20(33)23(19)24(32(25)31-26)17-8-11-21(22(12-17)34-4)35-15-16-6-9-18(28)10-7-16/h6-12,24H,5,13-15H2,1-4H3,(H,29,30,31). The van der Waals surface area contributed by atoms with Crippen molar-refractivity contribution in [3.8, 4) is 11.5 Å². The van der Waals surface area contributed by atoms with E-state index in [-0.39, 0.29) is 17.2 Å². The molecular weight excluding hydrogens is 540 g/mol. The number of hydrogen-bond donors (Lipinski definition) is 1. The van der Waals surface area contributed by atoms with Gasteiger partial charge in [-0.1, -0.05) is 66.7 Å². The van der Waals surface area contributed by atoms with Gasteiger partial charge in [0.25, 0.3) is 0 Å². The second-order valence-electron chi connectivity index (χ2n) is 9.78. The first-order valence-corrected chi connectivity index (χ1v) is 13.7. The van der Waals surface area contributed by atoms with Gasteiger partial charge in [-0.05, 0) is 53.0 Å². The SMILES string of the molecule is CCSc1nc2n(n1)C(c1ccc(OCc3ccc(Br)cc3)c(OC)c1)C1=C(CC(C)(C)CC1=O)N2. The van der Waals surface area contributed by atoms with Gasteiger partial charge < -0.3 is 14.8 Å². The van der Waals surface area contributed by atoms with Crippen LogP contribution in [0.15, 0.2) is 63.4 Å². The van der Waals surface area contributed by atoms with Crippen molar-refractivity contribution in [2.24, 2.45) is 5.41 Å². The number of halogens is 1. The quantitative estimate of drug-likeness (QED) is 0.330. The number of methoxy groups -OCH3 is 1. The summed E-state index contributed by atoms with van der Waals surface area (Å²) in [4.78, 5) is 18.2. The number of carbonyl (C=O) groups excluding carboxylic acids is 1. The first-order valence-electron chi connectivity index (χ1n) is 12.0. The zero-order chi connectivity index (χ0) is 25.4. The monoisotopic (exact) mass is 568 g/mol. The fraction of sp³-hybridized carbons (Fsp3) is 0.370. The number of fused-ring (bicyclic) bond motifs is 1. The molecule has 1 N–H and O–H groups in total. The largest absolute Gasteiger partial charge is 0.493 e. The van der Waals surface area contributed by atoms with E-state index in [0.717, 1.165) is 39.0 Å². The number of benzene rings is 2. The lowest BCUT2D eigenvalue weighted by atomic mass is 9.73. The number of aromatic nitrogens is 3. The molecule has 0 saturated carbocycles. The molecule has 0 radical (unpaired) electrons. The van der Waals surface area contributed by atoms with Crippen molar-refractivity contribution in [1.82, 2.24) is 14.8 Å². The van der Waals surface area contributed by atoms with Crippen LogP contribution in [0.4, 0.5) is 5.95 Å². The Morgan fingerprint density at radius 2 is 1.94 bits per heavy atom. The number of nitrogens with one attached hydrogen (secondary N) is 1. The number of ketones is 1. The van der Waals surface area contributed by atoms with Crippen molar-refractivity contribution in [2.75, 3.05) is 18.2 Å². The molecule has 188 valence electrons. The normalized spacial score (nSPS) is 18.4. The lowest BCUT2D eigenvalue weighted by Crippen LogP contribution is -2.36. The third-order valence-corrected chi connectivity index (χ3v) is 7.65. The van der Waals surface area contributed by atoms with Crippen LogP contribution in [0.25, 0.3) is 0 Å². The van der Waals surface area contributed by atoms with E-state index in [1.807, 2.05) is 47.1 Å². The summed E-state index contributed by atoms with van der Waals surface area (Å²) in [5.74, 6) is 2.92. The molecule has 0 saturated heterocycles. The van der Waals surface area contributed by atoms with Gasteiger partial charge in [0.15, 0.2) is 17.3 Å². The molecule has 0 amide bonds. The van der Waals surface area contributed by atoms with E-state index in [1.54, 1.807) is 18.9 Å². The Morgan fingerprint density at radius 1 is 1.17 bits per heavy atom. The maximum absolute atomic E-state index is 13.5. The summed E-state index contributed by atoms with van der Waals surface area (Å²) in [5, 5.41) is 8.88. The van der Waals surface area contributed by atoms with Crippen molar-refractivity contribution in [2.45, 2.75) is 51.4 Å². The van der Waals surface area contributed by atoms with Crippen molar-refractivity contribution < 1.29 is 14.3 Å². The van der Waals surface area contributed by atoms with Gasteiger partial charge in [-0.25, -0.2) is 4.68 Å². The molecular formula is C27H29BrN4O3S.